The third-order valence-electron chi connectivity index (χ3n) is 6.52. The van der Waals surface area contributed by atoms with E-state index >= 15 is 0 Å². The second-order valence-electron chi connectivity index (χ2n) is 9.30. The Morgan fingerprint density at radius 3 is 2.59 bits per heavy atom. The Kier molecular flexibility index (Phi) is 7.84. The molecule has 1 aliphatic carbocycles. The van der Waals surface area contributed by atoms with Gasteiger partial charge in [-0.3, -0.25) is 19.8 Å². The SMILES string of the molecule is O=CN1CCN(Cc2cnc(NC(=O)C(=NO[C@@H]3CCOC3)c3ccc(S(=O)(=O)C4CC4)cc3)s2)CC1. The molecule has 0 radical (unpaired) electrons. The van der Waals surface area contributed by atoms with Gasteiger partial charge in [-0.15, -0.1) is 11.3 Å². The number of carbonyl (C=O) groups excluding carboxylic acids is 2. The summed E-state index contributed by atoms with van der Waals surface area (Å²) in [6, 6.07) is 6.18. The minimum absolute atomic E-state index is 0.0315. The first kappa shape index (κ1) is 25.8. The molecule has 1 aromatic carbocycles. The standard InChI is InChI=1S/C24H29N5O6S2/c30-16-29-10-8-28(9-11-29)14-19-13-25-24(36-19)26-23(31)22(27-35-18-7-12-34-15-18)17-1-3-20(4-2-17)37(32,33)21-5-6-21/h1-4,13,16,18,21H,5-12,14-15H2,(H,25,26,31)/t18-/m1/s1. The van der Waals surface area contributed by atoms with Gasteiger partial charge < -0.3 is 14.5 Å². The van der Waals surface area contributed by atoms with Crippen molar-refractivity contribution in [3.05, 3.63) is 40.9 Å². The topological polar surface area (TPSA) is 130 Å². The zero-order valence-corrected chi connectivity index (χ0v) is 21.9. The molecule has 2 saturated heterocycles. The van der Waals surface area contributed by atoms with E-state index in [1.807, 2.05) is 0 Å². The summed E-state index contributed by atoms with van der Waals surface area (Å²) in [6.45, 7) is 4.60. The first-order chi connectivity index (χ1) is 17.9. The quantitative estimate of drug-likeness (QED) is 0.269. The van der Waals surface area contributed by atoms with Crippen LogP contribution in [0.5, 0.6) is 0 Å². The fourth-order valence-electron chi connectivity index (χ4n) is 4.16. The average Bonchev–Trinajstić information content (AvgIpc) is 3.49. The van der Waals surface area contributed by atoms with Crippen molar-refractivity contribution in [3.63, 3.8) is 0 Å². The number of nitrogens with zero attached hydrogens (tertiary/aromatic N) is 4. The number of benzene rings is 1. The summed E-state index contributed by atoms with van der Waals surface area (Å²) >= 11 is 1.37. The van der Waals surface area contributed by atoms with Crippen LogP contribution in [0.25, 0.3) is 0 Å². The number of ether oxygens (including phenoxy) is 1. The summed E-state index contributed by atoms with van der Waals surface area (Å²) < 4.78 is 30.4. The molecule has 1 aromatic heterocycles. The number of hydrogen-bond acceptors (Lipinski definition) is 10. The molecule has 3 fully saturated rings. The van der Waals surface area contributed by atoms with Crippen LogP contribution < -0.4 is 5.32 Å². The van der Waals surface area contributed by atoms with Crippen molar-refractivity contribution in [2.24, 2.45) is 5.16 Å². The predicted molar refractivity (Wildman–Crippen MR) is 137 cm³/mol. The number of carbonyl (C=O) groups is 2. The third kappa shape index (κ3) is 6.35. The van der Waals surface area contributed by atoms with Crippen molar-refractivity contribution in [2.45, 2.75) is 42.1 Å². The number of sulfone groups is 1. The molecular formula is C24H29N5O6S2. The van der Waals surface area contributed by atoms with Crippen LogP contribution in [0.2, 0.25) is 0 Å². The van der Waals surface area contributed by atoms with E-state index in [0.29, 0.717) is 62.8 Å². The molecule has 2 aromatic rings. The average molecular weight is 548 g/mol. The highest BCUT2D eigenvalue weighted by atomic mass is 32.2. The summed E-state index contributed by atoms with van der Waals surface area (Å²) in [4.78, 5) is 39.3. The lowest BCUT2D eigenvalue weighted by Gasteiger charge is -2.31. The zero-order valence-electron chi connectivity index (χ0n) is 20.2. The maximum absolute atomic E-state index is 13.2. The summed E-state index contributed by atoms with van der Waals surface area (Å²) in [5, 5.41) is 7.05. The van der Waals surface area contributed by atoms with Crippen LogP contribution >= 0.6 is 11.3 Å². The molecule has 0 bridgehead atoms. The number of hydrogen-bond donors (Lipinski definition) is 1. The number of amides is 2. The van der Waals surface area contributed by atoms with Crippen LogP contribution in [-0.4, -0.2) is 92.0 Å². The van der Waals surface area contributed by atoms with Crippen molar-refractivity contribution in [1.29, 1.82) is 0 Å². The lowest BCUT2D eigenvalue weighted by molar-refractivity contribution is -0.119. The molecule has 3 heterocycles. The molecule has 13 heteroatoms. The number of piperazine rings is 1. The fourth-order valence-corrected chi connectivity index (χ4v) is 6.67. The van der Waals surface area contributed by atoms with Crippen molar-refractivity contribution >= 4 is 44.3 Å². The molecule has 3 aliphatic rings. The maximum Gasteiger partial charge on any atom is 0.280 e. The van der Waals surface area contributed by atoms with Crippen molar-refractivity contribution < 1.29 is 27.6 Å². The maximum atomic E-state index is 13.2. The van der Waals surface area contributed by atoms with Gasteiger partial charge in [0.25, 0.3) is 5.91 Å². The van der Waals surface area contributed by atoms with E-state index in [1.165, 1.54) is 23.5 Å². The Morgan fingerprint density at radius 1 is 1.19 bits per heavy atom. The molecule has 5 rings (SSSR count). The van der Waals surface area contributed by atoms with Gasteiger partial charge in [-0.1, -0.05) is 17.3 Å². The smallest absolute Gasteiger partial charge is 0.280 e. The van der Waals surface area contributed by atoms with Crippen LogP contribution in [-0.2, 0) is 35.5 Å². The van der Waals surface area contributed by atoms with E-state index in [4.69, 9.17) is 9.57 Å². The molecule has 1 saturated carbocycles. The monoisotopic (exact) mass is 547 g/mol. The van der Waals surface area contributed by atoms with Gasteiger partial charge in [-0.05, 0) is 25.0 Å². The summed E-state index contributed by atoms with van der Waals surface area (Å²) in [7, 11) is -3.34. The normalized spacial score (nSPS) is 21.1. The molecule has 198 valence electrons. The molecule has 37 heavy (non-hydrogen) atoms. The van der Waals surface area contributed by atoms with Crippen molar-refractivity contribution in [1.82, 2.24) is 14.8 Å². The predicted octanol–water partition coefficient (Wildman–Crippen LogP) is 1.50. The minimum atomic E-state index is -3.34. The van der Waals surface area contributed by atoms with Gasteiger partial charge in [-0.2, -0.15) is 0 Å². The summed E-state index contributed by atoms with van der Waals surface area (Å²) in [5.41, 5.74) is 0.472. The molecule has 1 N–H and O–H groups in total. The Bertz CT molecular complexity index is 1240. The minimum Gasteiger partial charge on any atom is -0.389 e. The van der Waals surface area contributed by atoms with Gasteiger partial charge in [0, 0.05) is 55.8 Å². The van der Waals surface area contributed by atoms with E-state index in [1.54, 1.807) is 23.2 Å². The molecule has 2 aliphatic heterocycles. The number of thiazole rings is 1. The number of anilines is 1. The molecular weight excluding hydrogens is 518 g/mol. The third-order valence-corrected chi connectivity index (χ3v) is 9.70. The molecule has 0 unspecified atom stereocenters. The second-order valence-corrected chi connectivity index (χ2v) is 12.6. The highest BCUT2D eigenvalue weighted by Crippen LogP contribution is 2.33. The first-order valence-corrected chi connectivity index (χ1v) is 14.6. The van der Waals surface area contributed by atoms with Crippen LogP contribution in [0, 0.1) is 0 Å². The van der Waals surface area contributed by atoms with Gasteiger partial charge in [0.05, 0.1) is 23.4 Å². The number of aromatic nitrogens is 1. The number of oxime groups is 1. The van der Waals surface area contributed by atoms with E-state index < -0.39 is 15.7 Å². The Balaban J connectivity index is 1.28. The van der Waals surface area contributed by atoms with E-state index in [-0.39, 0.29) is 22.0 Å². The van der Waals surface area contributed by atoms with E-state index in [2.05, 4.69) is 20.4 Å². The van der Waals surface area contributed by atoms with E-state index in [9.17, 15) is 18.0 Å². The lowest BCUT2D eigenvalue weighted by atomic mass is 10.1. The van der Waals surface area contributed by atoms with Gasteiger partial charge in [0.15, 0.2) is 26.8 Å². The molecule has 2 amide bonds. The Labute approximate surface area is 219 Å². The van der Waals surface area contributed by atoms with Crippen LogP contribution in [0.1, 0.15) is 29.7 Å². The van der Waals surface area contributed by atoms with Crippen molar-refractivity contribution in [3.8, 4) is 0 Å². The van der Waals surface area contributed by atoms with Gasteiger partial charge in [0.2, 0.25) is 6.41 Å². The van der Waals surface area contributed by atoms with Crippen LogP contribution in [0.4, 0.5) is 5.13 Å². The highest BCUT2D eigenvalue weighted by Gasteiger charge is 2.36. The van der Waals surface area contributed by atoms with Crippen LogP contribution in [0.15, 0.2) is 40.5 Å². The summed E-state index contributed by atoms with van der Waals surface area (Å²) in [6.07, 6.45) is 4.40. The van der Waals surface area contributed by atoms with E-state index in [0.717, 1.165) is 24.4 Å². The Hall–Kier alpha value is -2.87. The van der Waals surface area contributed by atoms with Gasteiger partial charge in [0.1, 0.15) is 0 Å². The number of rotatable bonds is 10. The Morgan fingerprint density at radius 2 is 1.95 bits per heavy atom. The van der Waals surface area contributed by atoms with Crippen LogP contribution in [0.3, 0.4) is 0 Å². The molecule has 1 atom stereocenters. The largest absolute Gasteiger partial charge is 0.389 e. The van der Waals surface area contributed by atoms with Gasteiger partial charge >= 0.3 is 0 Å². The fraction of sp³-hybridized carbons (Fsp3) is 0.500. The summed E-state index contributed by atoms with van der Waals surface area (Å²) in [5.74, 6) is -0.503. The van der Waals surface area contributed by atoms with Gasteiger partial charge in [-0.25, -0.2) is 13.4 Å². The van der Waals surface area contributed by atoms with Crippen molar-refractivity contribution in [2.75, 3.05) is 44.7 Å². The first-order valence-electron chi connectivity index (χ1n) is 12.3. The zero-order chi connectivity index (χ0) is 25.8. The second kappa shape index (κ2) is 11.3. The molecule has 0 spiro atoms. The number of nitrogens with one attached hydrogen (secondary N) is 1. The molecule has 11 nitrogen and oxygen atoms in total. The lowest BCUT2D eigenvalue weighted by Crippen LogP contribution is -2.44. The highest BCUT2D eigenvalue weighted by molar-refractivity contribution is 7.92.